The van der Waals surface area contributed by atoms with E-state index in [0.717, 1.165) is 41.8 Å². The summed E-state index contributed by atoms with van der Waals surface area (Å²) in [4.78, 5) is 32.1. The predicted octanol–water partition coefficient (Wildman–Crippen LogP) is 3.15. The molecule has 0 aromatic carbocycles. The van der Waals surface area contributed by atoms with Crippen molar-refractivity contribution in [2.24, 2.45) is 0 Å². The van der Waals surface area contributed by atoms with Gasteiger partial charge in [0, 0.05) is 17.1 Å². The Kier molecular flexibility index (Phi) is 7.67. The van der Waals surface area contributed by atoms with Crippen LogP contribution in [0.25, 0.3) is 0 Å². The molecule has 8 heteroatoms. The van der Waals surface area contributed by atoms with Crippen molar-refractivity contribution in [1.82, 2.24) is 15.2 Å². The number of nitrogens with one attached hydrogen (secondary N) is 1. The molecular weight excluding hydrogens is 404 g/mol. The van der Waals surface area contributed by atoms with E-state index in [-0.39, 0.29) is 24.1 Å². The van der Waals surface area contributed by atoms with Crippen LogP contribution in [0.1, 0.15) is 41.5 Å². The number of rotatable bonds is 8. The highest BCUT2D eigenvalue weighted by molar-refractivity contribution is 8.00. The number of fused-ring (bicyclic) bond motifs is 1. The van der Waals surface area contributed by atoms with Crippen molar-refractivity contribution in [2.45, 2.75) is 44.2 Å². The number of aromatic nitrogens is 1. The third kappa shape index (κ3) is 5.81. The van der Waals surface area contributed by atoms with Crippen LogP contribution < -0.4 is 5.32 Å². The number of hydrogen-bond donors (Lipinski definition) is 1. The fraction of sp³-hybridized carbons (Fsp3) is 0.429. The maximum atomic E-state index is 12.6. The molecule has 1 aliphatic rings. The Labute approximate surface area is 179 Å². The Morgan fingerprint density at radius 2 is 2.21 bits per heavy atom. The molecule has 3 rings (SSSR count). The van der Waals surface area contributed by atoms with Crippen molar-refractivity contribution >= 4 is 34.9 Å². The molecule has 0 atom stereocenters. The van der Waals surface area contributed by atoms with Gasteiger partial charge >= 0.3 is 0 Å². The Morgan fingerprint density at radius 3 is 2.93 bits per heavy atom. The van der Waals surface area contributed by atoms with Crippen molar-refractivity contribution in [3.63, 3.8) is 0 Å². The van der Waals surface area contributed by atoms with E-state index < -0.39 is 0 Å². The number of thioether (sulfide) groups is 1. The summed E-state index contributed by atoms with van der Waals surface area (Å²) >= 11 is 2.86. The van der Waals surface area contributed by atoms with Crippen molar-refractivity contribution in [3.8, 4) is 6.07 Å². The summed E-state index contributed by atoms with van der Waals surface area (Å²) in [6.45, 7) is 2.81. The minimum absolute atomic E-state index is 0.0317. The van der Waals surface area contributed by atoms with Gasteiger partial charge in [-0.05, 0) is 55.7 Å². The number of pyridine rings is 1. The van der Waals surface area contributed by atoms with Crippen molar-refractivity contribution in [2.75, 3.05) is 18.8 Å². The number of thiophene rings is 1. The SMILES string of the molecule is CCN(CC(=O)NCc1cccs1)C(=O)CSc1nc2c(cc1C#N)CCCC2. The number of nitriles is 1. The second-order valence-corrected chi connectivity index (χ2v) is 8.81. The predicted molar refractivity (Wildman–Crippen MR) is 115 cm³/mol. The maximum absolute atomic E-state index is 12.6. The van der Waals surface area contributed by atoms with Gasteiger partial charge < -0.3 is 10.2 Å². The zero-order valence-corrected chi connectivity index (χ0v) is 18.1. The number of carbonyl (C=O) groups excluding carboxylic acids is 2. The van der Waals surface area contributed by atoms with E-state index in [0.29, 0.717) is 23.7 Å². The van der Waals surface area contributed by atoms with Crippen LogP contribution >= 0.6 is 23.1 Å². The second-order valence-electron chi connectivity index (χ2n) is 6.82. The van der Waals surface area contributed by atoms with E-state index >= 15 is 0 Å². The lowest BCUT2D eigenvalue weighted by atomic mass is 9.95. The van der Waals surface area contributed by atoms with E-state index in [4.69, 9.17) is 0 Å². The van der Waals surface area contributed by atoms with Crippen LogP contribution in [0.5, 0.6) is 0 Å². The molecule has 0 radical (unpaired) electrons. The fourth-order valence-corrected chi connectivity index (χ4v) is 4.75. The minimum atomic E-state index is -0.178. The number of aryl methyl sites for hydroxylation is 2. The van der Waals surface area contributed by atoms with E-state index in [1.165, 1.54) is 16.7 Å². The highest BCUT2D eigenvalue weighted by atomic mass is 32.2. The standard InChI is InChI=1S/C21H24N4O2S2/c1-2-25(13-19(26)23-12-17-7-5-9-28-17)20(27)14-29-21-16(11-22)10-15-6-3-4-8-18(15)24-21/h5,7,9-10H,2-4,6,8,12-14H2,1H3,(H,23,26). The Bertz CT molecular complexity index is 906. The Balaban J connectivity index is 1.55. The van der Waals surface area contributed by atoms with Gasteiger partial charge in [-0.25, -0.2) is 4.98 Å². The van der Waals surface area contributed by atoms with Gasteiger partial charge in [-0.1, -0.05) is 17.8 Å². The van der Waals surface area contributed by atoms with Crippen molar-refractivity contribution in [3.05, 3.63) is 45.3 Å². The number of nitrogens with zero attached hydrogens (tertiary/aromatic N) is 3. The molecule has 2 amide bonds. The van der Waals surface area contributed by atoms with E-state index in [1.54, 1.807) is 11.3 Å². The lowest BCUT2D eigenvalue weighted by Gasteiger charge is -2.20. The highest BCUT2D eigenvalue weighted by Gasteiger charge is 2.19. The Hall–Kier alpha value is -2.37. The number of carbonyl (C=O) groups is 2. The third-order valence-electron chi connectivity index (χ3n) is 4.83. The monoisotopic (exact) mass is 428 g/mol. The molecule has 0 saturated carbocycles. The zero-order valence-electron chi connectivity index (χ0n) is 16.4. The van der Waals surface area contributed by atoms with Gasteiger partial charge in [0.25, 0.3) is 0 Å². The van der Waals surface area contributed by atoms with Gasteiger partial charge in [0.1, 0.15) is 11.1 Å². The van der Waals surface area contributed by atoms with Crippen LogP contribution in [0.3, 0.4) is 0 Å². The van der Waals surface area contributed by atoms with Gasteiger partial charge in [-0.3, -0.25) is 9.59 Å². The summed E-state index contributed by atoms with van der Waals surface area (Å²) < 4.78 is 0. The van der Waals surface area contributed by atoms with Crippen LogP contribution in [0.2, 0.25) is 0 Å². The molecule has 152 valence electrons. The largest absolute Gasteiger partial charge is 0.350 e. The van der Waals surface area contributed by atoms with Crippen LogP contribution in [0.4, 0.5) is 0 Å². The number of amides is 2. The van der Waals surface area contributed by atoms with Gasteiger partial charge in [-0.2, -0.15) is 5.26 Å². The molecule has 0 spiro atoms. The molecule has 6 nitrogen and oxygen atoms in total. The third-order valence-corrected chi connectivity index (χ3v) is 6.68. The van der Waals surface area contributed by atoms with Gasteiger partial charge in [0.05, 0.1) is 24.4 Å². The summed E-state index contributed by atoms with van der Waals surface area (Å²) in [5.41, 5.74) is 2.73. The Morgan fingerprint density at radius 1 is 1.38 bits per heavy atom. The lowest BCUT2D eigenvalue weighted by molar-refractivity contribution is -0.133. The van der Waals surface area contributed by atoms with Crippen LogP contribution in [0.15, 0.2) is 28.6 Å². The van der Waals surface area contributed by atoms with Gasteiger partial charge in [0.15, 0.2) is 0 Å². The molecule has 0 bridgehead atoms. The first-order valence-electron chi connectivity index (χ1n) is 9.73. The molecule has 0 unspecified atom stereocenters. The van der Waals surface area contributed by atoms with Crippen LogP contribution in [-0.4, -0.2) is 40.5 Å². The molecule has 1 aliphatic carbocycles. The van der Waals surface area contributed by atoms with Crippen molar-refractivity contribution < 1.29 is 9.59 Å². The van der Waals surface area contributed by atoms with Crippen molar-refractivity contribution in [1.29, 1.82) is 5.26 Å². The molecule has 2 aromatic rings. The van der Waals surface area contributed by atoms with Gasteiger partial charge in [-0.15, -0.1) is 11.3 Å². The van der Waals surface area contributed by atoms with E-state index in [9.17, 15) is 14.9 Å². The minimum Gasteiger partial charge on any atom is -0.350 e. The molecule has 2 aromatic heterocycles. The topological polar surface area (TPSA) is 86.1 Å². The summed E-state index contributed by atoms with van der Waals surface area (Å²) in [6.07, 6.45) is 4.13. The zero-order chi connectivity index (χ0) is 20.6. The summed E-state index contributed by atoms with van der Waals surface area (Å²) in [5.74, 6) is -0.151. The second kappa shape index (κ2) is 10.4. The molecule has 2 heterocycles. The fourth-order valence-electron chi connectivity index (χ4n) is 3.23. The van der Waals surface area contributed by atoms with Gasteiger partial charge in [0.2, 0.25) is 11.8 Å². The average molecular weight is 429 g/mol. The summed E-state index contributed by atoms with van der Waals surface area (Å²) in [5, 5.41) is 14.9. The molecule has 29 heavy (non-hydrogen) atoms. The average Bonchev–Trinajstić information content (AvgIpc) is 3.27. The maximum Gasteiger partial charge on any atom is 0.239 e. The number of likely N-dealkylation sites (N-methyl/N-ethyl adjacent to an activating group) is 1. The lowest BCUT2D eigenvalue weighted by Crippen LogP contribution is -2.41. The quantitative estimate of drug-likeness (QED) is 0.653. The molecular formula is C21H24N4O2S2. The summed E-state index contributed by atoms with van der Waals surface area (Å²) in [6, 6.07) is 8.03. The molecule has 0 aliphatic heterocycles. The highest BCUT2D eigenvalue weighted by Crippen LogP contribution is 2.27. The van der Waals surface area contributed by atoms with E-state index in [2.05, 4.69) is 16.4 Å². The van der Waals surface area contributed by atoms with Crippen LogP contribution in [-0.2, 0) is 29.0 Å². The summed E-state index contributed by atoms with van der Waals surface area (Å²) in [7, 11) is 0. The first-order valence-corrected chi connectivity index (χ1v) is 11.6. The molecule has 0 fully saturated rings. The van der Waals surface area contributed by atoms with Crippen LogP contribution in [0, 0.1) is 11.3 Å². The molecule has 0 saturated heterocycles. The normalized spacial score (nSPS) is 12.7. The number of hydrogen-bond acceptors (Lipinski definition) is 6. The molecule has 1 N–H and O–H groups in total. The smallest absolute Gasteiger partial charge is 0.239 e. The van der Waals surface area contributed by atoms with E-state index in [1.807, 2.05) is 30.5 Å². The first kappa shape index (κ1) is 21.3. The first-order chi connectivity index (χ1) is 14.1.